The van der Waals surface area contributed by atoms with E-state index in [1.165, 1.54) is 28.8 Å². The quantitative estimate of drug-likeness (QED) is 0.779. The largest absolute Gasteiger partial charge is 0.478 e. The van der Waals surface area contributed by atoms with Crippen molar-refractivity contribution in [1.29, 1.82) is 0 Å². The summed E-state index contributed by atoms with van der Waals surface area (Å²) in [5.74, 6) is -0.662. The van der Waals surface area contributed by atoms with E-state index < -0.39 is 5.97 Å². The van der Waals surface area contributed by atoms with E-state index in [-0.39, 0.29) is 11.5 Å². The Balaban J connectivity index is 1.90. The van der Waals surface area contributed by atoms with Crippen LogP contribution in [-0.2, 0) is 4.79 Å². The van der Waals surface area contributed by atoms with E-state index in [2.05, 4.69) is 20.9 Å². The smallest absolute Gasteiger partial charge is 0.335 e. The molecule has 122 valence electrons. The lowest BCUT2D eigenvalue weighted by molar-refractivity contribution is -0.121. The molecule has 1 fully saturated rings. The molecular formula is C16H11BrN2O4S. The van der Waals surface area contributed by atoms with Crippen LogP contribution in [0.15, 0.2) is 55.4 Å². The third-order valence-electron chi connectivity index (χ3n) is 3.19. The molecule has 6 nitrogen and oxygen atoms in total. The van der Waals surface area contributed by atoms with Crippen LogP contribution >= 0.6 is 27.7 Å². The van der Waals surface area contributed by atoms with Crippen LogP contribution in [0.25, 0.3) is 6.08 Å². The highest BCUT2D eigenvalue weighted by atomic mass is 79.9. The Morgan fingerprint density at radius 3 is 2.83 bits per heavy atom. The minimum absolute atomic E-state index is 0.144. The number of aliphatic imine (C=N–C) groups is 1. The van der Waals surface area contributed by atoms with Gasteiger partial charge in [-0.15, -0.1) is 0 Å². The van der Waals surface area contributed by atoms with Crippen molar-refractivity contribution in [2.45, 2.75) is 0 Å². The summed E-state index contributed by atoms with van der Waals surface area (Å²) in [5, 5.41) is 9.50. The molecule has 0 aliphatic carbocycles. The average Bonchev–Trinajstić information content (AvgIpc) is 3.07. The van der Waals surface area contributed by atoms with Gasteiger partial charge in [-0.25, -0.2) is 9.79 Å². The van der Waals surface area contributed by atoms with Crippen molar-refractivity contribution in [3.8, 4) is 0 Å². The maximum absolute atomic E-state index is 12.3. The highest BCUT2D eigenvalue weighted by Gasteiger charge is 2.30. The molecule has 1 N–H and O–H groups in total. The predicted molar refractivity (Wildman–Crippen MR) is 95.2 cm³/mol. The number of furan rings is 1. The van der Waals surface area contributed by atoms with Crippen LogP contribution in [0.4, 0.5) is 5.69 Å². The number of carbonyl (C=O) groups excluding carboxylic acids is 1. The maximum Gasteiger partial charge on any atom is 0.335 e. The molecule has 0 unspecified atom stereocenters. The van der Waals surface area contributed by atoms with Gasteiger partial charge in [-0.1, -0.05) is 6.07 Å². The van der Waals surface area contributed by atoms with Crippen LogP contribution in [-0.4, -0.2) is 34.1 Å². The molecule has 1 aliphatic rings. The number of benzene rings is 1. The molecule has 2 aromatic rings. The fourth-order valence-electron chi connectivity index (χ4n) is 2.01. The molecule has 0 atom stereocenters. The van der Waals surface area contributed by atoms with Crippen LogP contribution in [0.2, 0.25) is 0 Å². The number of likely N-dealkylation sites (N-methyl/N-ethyl adjacent to an activating group) is 1. The zero-order valence-corrected chi connectivity index (χ0v) is 14.8. The van der Waals surface area contributed by atoms with Crippen molar-refractivity contribution in [3.63, 3.8) is 0 Å². The number of hydrogen-bond acceptors (Lipinski definition) is 5. The third kappa shape index (κ3) is 3.44. The van der Waals surface area contributed by atoms with Crippen molar-refractivity contribution >= 4 is 56.5 Å². The fourth-order valence-corrected chi connectivity index (χ4v) is 3.29. The molecule has 24 heavy (non-hydrogen) atoms. The summed E-state index contributed by atoms with van der Waals surface area (Å²) in [6.45, 7) is 0. The van der Waals surface area contributed by atoms with E-state index in [0.29, 0.717) is 26.2 Å². The molecule has 1 saturated heterocycles. The van der Waals surface area contributed by atoms with Gasteiger partial charge in [0.1, 0.15) is 5.76 Å². The predicted octanol–water partition coefficient (Wildman–Crippen LogP) is 3.97. The zero-order chi connectivity index (χ0) is 17.3. The molecule has 1 aliphatic heterocycles. The van der Waals surface area contributed by atoms with Crippen LogP contribution in [0.3, 0.4) is 0 Å². The van der Waals surface area contributed by atoms with E-state index in [0.717, 1.165) is 0 Å². The second-order valence-corrected chi connectivity index (χ2v) is 6.66. The first kappa shape index (κ1) is 16.5. The molecule has 3 rings (SSSR count). The zero-order valence-electron chi connectivity index (χ0n) is 12.4. The van der Waals surface area contributed by atoms with Crippen molar-refractivity contribution in [2.24, 2.45) is 4.99 Å². The topological polar surface area (TPSA) is 83.1 Å². The Morgan fingerprint density at radius 1 is 1.38 bits per heavy atom. The number of halogens is 1. The summed E-state index contributed by atoms with van der Waals surface area (Å²) < 4.78 is 5.96. The van der Waals surface area contributed by atoms with Gasteiger partial charge in [0, 0.05) is 13.1 Å². The van der Waals surface area contributed by atoms with Gasteiger partial charge in [0.05, 0.1) is 16.2 Å². The van der Waals surface area contributed by atoms with Gasteiger partial charge in [-0.3, -0.25) is 9.69 Å². The van der Waals surface area contributed by atoms with Crippen LogP contribution < -0.4 is 0 Å². The molecule has 1 aromatic carbocycles. The number of amidine groups is 1. The number of aromatic carboxylic acids is 1. The molecule has 0 bridgehead atoms. The highest BCUT2D eigenvalue weighted by Crippen LogP contribution is 2.33. The van der Waals surface area contributed by atoms with Gasteiger partial charge in [-0.05, 0) is 58.0 Å². The number of hydrogen-bond donors (Lipinski definition) is 1. The molecule has 1 aromatic heterocycles. The number of carboxylic acids is 1. The normalized spacial score (nSPS) is 17.9. The Labute approximate surface area is 150 Å². The van der Waals surface area contributed by atoms with Crippen LogP contribution in [0.1, 0.15) is 16.1 Å². The first-order valence-electron chi connectivity index (χ1n) is 6.79. The minimum Gasteiger partial charge on any atom is -0.478 e. The molecular weight excluding hydrogens is 396 g/mol. The van der Waals surface area contributed by atoms with Gasteiger partial charge < -0.3 is 9.52 Å². The highest BCUT2D eigenvalue weighted by molar-refractivity contribution is 9.10. The van der Waals surface area contributed by atoms with Gasteiger partial charge in [0.2, 0.25) is 0 Å². The number of nitrogens with zero attached hydrogens (tertiary/aromatic N) is 2. The summed E-state index contributed by atoms with van der Waals surface area (Å²) in [6, 6.07) is 9.73. The van der Waals surface area contributed by atoms with Crippen LogP contribution in [0.5, 0.6) is 0 Å². The summed E-state index contributed by atoms with van der Waals surface area (Å²) in [6.07, 6.45) is 1.64. The summed E-state index contributed by atoms with van der Waals surface area (Å²) in [5.41, 5.74) is 0.615. The minimum atomic E-state index is -1.02. The first-order valence-corrected chi connectivity index (χ1v) is 8.40. The number of carboxylic acid groups (broad SMARTS) is 1. The second kappa shape index (κ2) is 6.66. The Bertz CT molecular complexity index is 888. The summed E-state index contributed by atoms with van der Waals surface area (Å²) in [4.78, 5) is 29.6. The molecule has 0 radical (unpaired) electrons. The van der Waals surface area contributed by atoms with Crippen LogP contribution in [0, 0.1) is 0 Å². The molecule has 0 saturated carbocycles. The number of thioether (sulfide) groups is 1. The lowest BCUT2D eigenvalue weighted by Gasteiger charge is -2.07. The lowest BCUT2D eigenvalue weighted by Crippen LogP contribution is -2.23. The summed E-state index contributed by atoms with van der Waals surface area (Å²) in [7, 11) is 1.62. The van der Waals surface area contributed by atoms with E-state index in [9.17, 15) is 9.59 Å². The lowest BCUT2D eigenvalue weighted by atomic mass is 10.2. The Morgan fingerprint density at radius 2 is 2.17 bits per heavy atom. The Hall–Kier alpha value is -2.32. The second-order valence-electron chi connectivity index (χ2n) is 4.87. The fraction of sp³-hybridized carbons (Fsp3) is 0.0625. The van der Waals surface area contributed by atoms with E-state index in [4.69, 9.17) is 9.52 Å². The standard InChI is InChI=1S/C16H11BrN2O4S/c1-19-14(20)12(8-11-5-6-13(17)23-11)24-16(19)18-10-4-2-3-9(7-10)15(21)22/h2-8H,1H3,(H,21,22)/b12-8+,18-16?. The van der Waals surface area contributed by atoms with E-state index in [1.807, 2.05) is 0 Å². The number of rotatable bonds is 3. The van der Waals surface area contributed by atoms with Crippen molar-refractivity contribution in [3.05, 3.63) is 57.3 Å². The van der Waals surface area contributed by atoms with Gasteiger partial charge in [0.15, 0.2) is 9.84 Å². The number of carbonyl (C=O) groups is 2. The molecule has 2 heterocycles. The van der Waals surface area contributed by atoms with E-state index >= 15 is 0 Å². The van der Waals surface area contributed by atoms with E-state index in [1.54, 1.807) is 37.4 Å². The molecule has 0 spiro atoms. The molecule has 1 amide bonds. The third-order valence-corrected chi connectivity index (χ3v) is 4.68. The van der Waals surface area contributed by atoms with Gasteiger partial charge in [0.25, 0.3) is 5.91 Å². The van der Waals surface area contributed by atoms with Gasteiger partial charge >= 0.3 is 5.97 Å². The summed E-state index contributed by atoms with van der Waals surface area (Å²) >= 11 is 4.42. The molecule has 8 heteroatoms. The Kier molecular flexibility index (Phi) is 4.59. The van der Waals surface area contributed by atoms with Crippen molar-refractivity contribution in [1.82, 2.24) is 4.90 Å². The monoisotopic (exact) mass is 406 g/mol. The SMILES string of the molecule is CN1C(=O)/C(=C\c2ccc(Br)o2)SC1=Nc1cccc(C(=O)O)c1. The maximum atomic E-state index is 12.3. The van der Waals surface area contributed by atoms with Crippen molar-refractivity contribution in [2.75, 3.05) is 7.05 Å². The number of amides is 1. The van der Waals surface area contributed by atoms with Gasteiger partial charge in [-0.2, -0.15) is 0 Å². The average molecular weight is 407 g/mol. The first-order chi connectivity index (χ1) is 11.4. The van der Waals surface area contributed by atoms with Crippen molar-refractivity contribution < 1.29 is 19.1 Å².